The zero-order valence-electron chi connectivity index (χ0n) is 8.32. The molecule has 0 fully saturated rings. The number of nitrogen functional groups attached to an aromatic ring is 1. The predicted molar refractivity (Wildman–Crippen MR) is 48.2 cm³/mol. The minimum Gasteiger partial charge on any atom is 0 e. The normalized spacial score (nSPS) is 5.69. The maximum absolute atomic E-state index is 10.6. The summed E-state index contributed by atoms with van der Waals surface area (Å²) in [6.07, 6.45) is 0. The van der Waals surface area contributed by atoms with Crippen molar-refractivity contribution < 1.29 is 35.8 Å². The van der Waals surface area contributed by atoms with Gasteiger partial charge in [-0.05, 0) is 6.92 Å². The summed E-state index contributed by atoms with van der Waals surface area (Å²) in [6, 6.07) is 5.21. The number of hydrogen-bond acceptors (Lipinski definition) is 2. The Labute approximate surface area is 104 Å². The number of rotatable bonds is 1. The van der Waals surface area contributed by atoms with Crippen LogP contribution in [0.15, 0.2) is 18.2 Å². The van der Waals surface area contributed by atoms with Crippen molar-refractivity contribution in [1.82, 2.24) is 0 Å². The van der Waals surface area contributed by atoms with Crippen LogP contribution in [0.4, 0.5) is 5.69 Å². The maximum Gasteiger partial charge on any atom is 0 e. The molecule has 1 radical (unpaired) electrons. The van der Waals surface area contributed by atoms with E-state index in [4.69, 9.17) is 19.7 Å². The minimum atomic E-state index is 0. The van der Waals surface area contributed by atoms with Crippen molar-refractivity contribution in [3.8, 4) is 0 Å². The second-order valence-corrected chi connectivity index (χ2v) is 1.95. The molecule has 1 rings (SSSR count). The maximum atomic E-state index is 10.6. The number of Topliss-reactive ketones (excluding diaryl/α,β-unsaturated/α-hetero) is 1. The van der Waals surface area contributed by atoms with E-state index >= 15 is 0 Å². The molecule has 6 heteroatoms. The summed E-state index contributed by atoms with van der Waals surface area (Å²) in [5, 5.41) is 0. The fraction of sp³-hybridized carbons (Fsp3) is 0.100. The first-order valence-corrected chi connectivity index (χ1v) is 3.35. The van der Waals surface area contributed by atoms with E-state index < -0.39 is 0 Å². The Hall–Kier alpha value is -1.44. The van der Waals surface area contributed by atoms with Gasteiger partial charge in [0.25, 0.3) is 0 Å². The van der Waals surface area contributed by atoms with Gasteiger partial charge in [0.15, 0.2) is 0 Å². The van der Waals surface area contributed by atoms with Gasteiger partial charge in [0.2, 0.25) is 0 Å². The second kappa shape index (κ2) is 19.2. The number of hydrogen-bond donors (Lipinski definition) is 1. The molecular weight excluding hydrogens is 253 g/mol. The summed E-state index contributed by atoms with van der Waals surface area (Å²) < 4.78 is 22.5. The molecule has 0 unspecified atom stereocenters. The van der Waals surface area contributed by atoms with Crippen LogP contribution in [-0.4, -0.2) is 5.78 Å². The standard InChI is InChI=1S/C7H8NO.3CO.Mn/c1-5(9)6-3-2-4-7(6)8;3*1-2;/h2-4H,8H2,1H3;;;;/q-1;;;;. The molecule has 5 nitrogen and oxygen atoms in total. The molecule has 0 aliphatic heterocycles. The van der Waals surface area contributed by atoms with Crippen LogP contribution in [0.1, 0.15) is 17.3 Å². The van der Waals surface area contributed by atoms with Crippen molar-refractivity contribution in [2.75, 3.05) is 5.73 Å². The molecule has 0 spiro atoms. The molecule has 2 N–H and O–H groups in total. The van der Waals surface area contributed by atoms with Gasteiger partial charge in [0.05, 0.1) is 0 Å². The Kier molecular flexibility index (Phi) is 28.8. The predicted octanol–water partition coefficient (Wildman–Crippen LogP) is 1.08. The van der Waals surface area contributed by atoms with Gasteiger partial charge < -0.3 is 10.5 Å². The second-order valence-electron chi connectivity index (χ2n) is 1.95. The average molecular weight is 261 g/mol. The largest absolute Gasteiger partial charge is 0 e. The summed E-state index contributed by atoms with van der Waals surface area (Å²) >= 11 is 0. The van der Waals surface area contributed by atoms with E-state index in [9.17, 15) is 4.79 Å². The third-order valence-electron chi connectivity index (χ3n) is 1.23. The molecular formula is C10H8MnNO4-. The van der Waals surface area contributed by atoms with Crippen LogP contribution in [-0.2, 0) is 31.0 Å². The van der Waals surface area contributed by atoms with Gasteiger partial charge in [-0.3, -0.25) is 0 Å². The van der Waals surface area contributed by atoms with Crippen LogP contribution in [0.3, 0.4) is 0 Å². The van der Waals surface area contributed by atoms with Crippen LogP contribution in [0.5, 0.6) is 0 Å². The minimum absolute atomic E-state index is 0. The summed E-state index contributed by atoms with van der Waals surface area (Å²) in [6.45, 7) is 15.0. The van der Waals surface area contributed by atoms with Crippen molar-refractivity contribution in [2.45, 2.75) is 6.92 Å². The molecule has 0 bridgehead atoms. The summed E-state index contributed by atoms with van der Waals surface area (Å²) in [5.41, 5.74) is 6.61. The van der Waals surface area contributed by atoms with Gasteiger partial charge in [-0.1, -0.05) is 11.3 Å². The third kappa shape index (κ3) is 10.6. The Bertz CT molecular complexity index is 324. The van der Waals surface area contributed by atoms with Gasteiger partial charge in [-0.2, -0.15) is 12.1 Å². The number of nitrogens with two attached hydrogens (primary N) is 1. The Balaban J connectivity index is -0.0000000900. The van der Waals surface area contributed by atoms with E-state index in [0.29, 0.717) is 11.3 Å². The van der Waals surface area contributed by atoms with E-state index in [1.54, 1.807) is 18.2 Å². The van der Waals surface area contributed by atoms with E-state index in [1.807, 2.05) is 0 Å². The van der Waals surface area contributed by atoms with E-state index in [2.05, 4.69) is 20.0 Å². The zero-order chi connectivity index (χ0) is 12.9. The first-order valence-electron chi connectivity index (χ1n) is 3.35. The monoisotopic (exact) mass is 261 g/mol. The van der Waals surface area contributed by atoms with Crippen LogP contribution >= 0.6 is 0 Å². The number of carbonyl (C=O) groups is 1. The topological polar surface area (TPSA) is 103 Å². The number of anilines is 1. The molecule has 85 valence electrons. The van der Waals surface area contributed by atoms with E-state index in [-0.39, 0.29) is 22.9 Å². The Morgan fingerprint density at radius 2 is 1.62 bits per heavy atom. The summed E-state index contributed by atoms with van der Waals surface area (Å²) in [4.78, 5) is 10.6. The van der Waals surface area contributed by atoms with Crippen LogP contribution in [0, 0.1) is 20.0 Å². The van der Waals surface area contributed by atoms with Crippen molar-refractivity contribution in [3.05, 3.63) is 43.7 Å². The average Bonchev–Trinajstić information content (AvgIpc) is 2.73. The van der Waals surface area contributed by atoms with Crippen molar-refractivity contribution in [2.24, 2.45) is 0 Å². The van der Waals surface area contributed by atoms with Crippen LogP contribution in [0.2, 0.25) is 0 Å². The molecule has 1 aromatic rings. The van der Waals surface area contributed by atoms with Crippen molar-refractivity contribution in [1.29, 1.82) is 0 Å². The van der Waals surface area contributed by atoms with Crippen molar-refractivity contribution in [3.63, 3.8) is 0 Å². The first-order chi connectivity index (χ1) is 7.22. The molecule has 0 aliphatic rings. The van der Waals surface area contributed by atoms with Gasteiger partial charge in [0.1, 0.15) is 5.78 Å². The van der Waals surface area contributed by atoms with Gasteiger partial charge in [-0.15, -0.1) is 0 Å². The molecule has 0 saturated heterocycles. The molecule has 0 saturated carbocycles. The molecule has 0 heterocycles. The Morgan fingerprint density at radius 3 is 1.75 bits per heavy atom. The molecule has 0 amide bonds. The summed E-state index contributed by atoms with van der Waals surface area (Å²) in [7, 11) is 0. The molecule has 16 heavy (non-hydrogen) atoms. The number of carbonyl (C=O) groups excluding carboxylic acids is 1. The van der Waals surface area contributed by atoms with Gasteiger partial charge >= 0.3 is 33.9 Å². The van der Waals surface area contributed by atoms with Crippen LogP contribution < -0.4 is 5.73 Å². The molecule has 0 aliphatic carbocycles. The fourth-order valence-electron chi connectivity index (χ4n) is 0.755. The van der Waals surface area contributed by atoms with Gasteiger partial charge in [-0.25, -0.2) is 6.07 Å². The molecule has 0 aromatic heterocycles. The SMILES string of the molecule is CC(=O)[c-]1cccc1N.[C-]#[O+].[C-]#[O+].[C-]#[O+].[Mn]. The fourth-order valence-corrected chi connectivity index (χ4v) is 0.755. The van der Waals surface area contributed by atoms with E-state index in [1.165, 1.54) is 6.92 Å². The van der Waals surface area contributed by atoms with Crippen molar-refractivity contribution >= 4 is 11.5 Å². The Morgan fingerprint density at radius 1 is 1.25 bits per heavy atom. The summed E-state index contributed by atoms with van der Waals surface area (Å²) in [5.74, 6) is 0.0255. The molecule has 1 aromatic carbocycles. The number of ketones is 1. The van der Waals surface area contributed by atoms with Crippen LogP contribution in [0.25, 0.3) is 0 Å². The van der Waals surface area contributed by atoms with Gasteiger partial charge in [0, 0.05) is 17.1 Å². The quantitative estimate of drug-likeness (QED) is 0.353. The zero-order valence-corrected chi connectivity index (χ0v) is 9.50. The van der Waals surface area contributed by atoms with E-state index in [0.717, 1.165) is 0 Å². The molecule has 0 atom stereocenters. The first kappa shape index (κ1) is 24.0. The third-order valence-corrected chi connectivity index (χ3v) is 1.23. The smallest absolute Gasteiger partial charge is 0 e.